The predicted octanol–water partition coefficient (Wildman–Crippen LogP) is 2.57. The Balaban J connectivity index is 2.14. The highest BCUT2D eigenvalue weighted by atomic mass is 16.5. The zero-order valence-electron chi connectivity index (χ0n) is 10.1. The zero-order chi connectivity index (χ0) is 11.8. The lowest BCUT2D eigenvalue weighted by Gasteiger charge is -2.11. The fourth-order valence-corrected chi connectivity index (χ4v) is 1.36. The van der Waals surface area contributed by atoms with Crippen molar-refractivity contribution in [1.29, 1.82) is 0 Å². The van der Waals surface area contributed by atoms with E-state index >= 15 is 0 Å². The molecular weight excluding hydrogens is 202 g/mol. The van der Waals surface area contributed by atoms with Crippen LogP contribution in [0.5, 0.6) is 0 Å². The van der Waals surface area contributed by atoms with Crippen LogP contribution < -0.4 is 0 Å². The fraction of sp³-hybridized carbons (Fsp3) is 0.615. The fourth-order valence-electron chi connectivity index (χ4n) is 1.36. The number of aliphatic hydroxyl groups is 1. The Morgan fingerprint density at radius 1 is 1.31 bits per heavy atom. The van der Waals surface area contributed by atoms with Gasteiger partial charge in [-0.05, 0) is 24.0 Å². The first kappa shape index (κ1) is 13.1. The number of hydrogen-bond acceptors (Lipinski definition) is 3. The molecule has 1 atom stereocenters. The number of aromatic nitrogens is 1. The molecule has 0 aliphatic rings. The molecule has 1 aromatic rings. The molecule has 0 spiro atoms. The number of hydrogen-bond donors (Lipinski definition) is 1. The summed E-state index contributed by atoms with van der Waals surface area (Å²) in [4.78, 5) is 3.97. The largest absolute Gasteiger partial charge is 0.388 e. The van der Waals surface area contributed by atoms with Crippen LogP contribution in [-0.2, 0) is 4.74 Å². The second-order valence-electron chi connectivity index (χ2n) is 4.39. The van der Waals surface area contributed by atoms with E-state index in [-0.39, 0.29) is 0 Å². The highest BCUT2D eigenvalue weighted by Crippen LogP contribution is 2.14. The average molecular weight is 223 g/mol. The third-order valence-electron chi connectivity index (χ3n) is 2.44. The molecule has 0 amide bonds. The van der Waals surface area contributed by atoms with E-state index < -0.39 is 6.10 Å². The second kappa shape index (κ2) is 7.36. The smallest absolute Gasteiger partial charge is 0.0826 e. The van der Waals surface area contributed by atoms with Crippen molar-refractivity contribution in [3.05, 3.63) is 30.1 Å². The molecule has 0 saturated carbocycles. The van der Waals surface area contributed by atoms with Gasteiger partial charge in [0.15, 0.2) is 0 Å². The van der Waals surface area contributed by atoms with Crippen LogP contribution in [0.2, 0.25) is 0 Å². The summed E-state index contributed by atoms with van der Waals surface area (Å²) in [6, 6.07) is 3.71. The van der Waals surface area contributed by atoms with Gasteiger partial charge in [0.1, 0.15) is 0 Å². The molecule has 16 heavy (non-hydrogen) atoms. The number of rotatable bonds is 7. The van der Waals surface area contributed by atoms with Gasteiger partial charge >= 0.3 is 0 Å². The second-order valence-corrected chi connectivity index (χ2v) is 4.39. The Labute approximate surface area is 97.5 Å². The summed E-state index contributed by atoms with van der Waals surface area (Å²) in [5, 5.41) is 9.81. The highest BCUT2D eigenvalue weighted by Gasteiger charge is 2.06. The molecule has 0 bridgehead atoms. The van der Waals surface area contributed by atoms with Gasteiger partial charge in [0, 0.05) is 32.0 Å². The van der Waals surface area contributed by atoms with Crippen LogP contribution in [0.1, 0.15) is 38.4 Å². The predicted molar refractivity (Wildman–Crippen MR) is 64.1 cm³/mol. The van der Waals surface area contributed by atoms with Gasteiger partial charge in [-0.15, -0.1) is 0 Å². The van der Waals surface area contributed by atoms with E-state index in [1.165, 1.54) is 0 Å². The first-order chi connectivity index (χ1) is 7.70. The van der Waals surface area contributed by atoms with Gasteiger partial charge in [-0.3, -0.25) is 4.98 Å². The molecule has 0 aromatic carbocycles. The maximum atomic E-state index is 9.81. The van der Waals surface area contributed by atoms with Gasteiger partial charge < -0.3 is 9.84 Å². The molecule has 0 radical (unpaired) electrons. The Kier molecular flexibility index (Phi) is 6.04. The standard InChI is InChI=1S/C13H21NO2/c1-11(2)5-8-16-9-6-13(15)12-4-3-7-14-10-12/h3-4,7,10-11,13,15H,5-6,8-9H2,1-2H3. The van der Waals surface area contributed by atoms with Gasteiger partial charge in [-0.2, -0.15) is 0 Å². The number of aliphatic hydroxyl groups excluding tert-OH is 1. The lowest BCUT2D eigenvalue weighted by Crippen LogP contribution is -2.05. The topological polar surface area (TPSA) is 42.4 Å². The normalized spacial score (nSPS) is 13.0. The van der Waals surface area contributed by atoms with Gasteiger partial charge in [-0.1, -0.05) is 19.9 Å². The minimum Gasteiger partial charge on any atom is -0.388 e. The summed E-state index contributed by atoms with van der Waals surface area (Å²) in [5.74, 6) is 0.670. The van der Waals surface area contributed by atoms with E-state index in [2.05, 4.69) is 18.8 Å². The third kappa shape index (κ3) is 5.24. The van der Waals surface area contributed by atoms with Crippen LogP contribution in [0.4, 0.5) is 0 Å². The summed E-state index contributed by atoms with van der Waals surface area (Å²) >= 11 is 0. The quantitative estimate of drug-likeness (QED) is 0.722. The zero-order valence-corrected chi connectivity index (χ0v) is 10.1. The SMILES string of the molecule is CC(C)CCOCCC(O)c1cccnc1. The highest BCUT2D eigenvalue weighted by molar-refractivity contribution is 5.11. The number of nitrogens with zero attached hydrogens (tertiary/aromatic N) is 1. The van der Waals surface area contributed by atoms with Crippen LogP contribution in [0.15, 0.2) is 24.5 Å². The van der Waals surface area contributed by atoms with Crippen molar-refractivity contribution in [2.24, 2.45) is 5.92 Å². The van der Waals surface area contributed by atoms with Gasteiger partial charge in [0.2, 0.25) is 0 Å². The summed E-state index contributed by atoms with van der Waals surface area (Å²) in [7, 11) is 0. The Hall–Kier alpha value is -0.930. The molecule has 1 N–H and O–H groups in total. The van der Waals surface area contributed by atoms with Crippen molar-refractivity contribution in [3.8, 4) is 0 Å². The minimum atomic E-state index is -0.465. The molecule has 0 fully saturated rings. The third-order valence-corrected chi connectivity index (χ3v) is 2.44. The van der Waals surface area contributed by atoms with E-state index in [1.807, 2.05) is 12.1 Å². The van der Waals surface area contributed by atoms with Crippen LogP contribution in [0, 0.1) is 5.92 Å². The van der Waals surface area contributed by atoms with E-state index in [1.54, 1.807) is 12.4 Å². The lowest BCUT2D eigenvalue weighted by atomic mass is 10.1. The maximum absolute atomic E-state index is 9.81. The van der Waals surface area contributed by atoms with Crippen molar-refractivity contribution in [3.63, 3.8) is 0 Å². The summed E-state index contributed by atoms with van der Waals surface area (Å²) < 4.78 is 5.46. The van der Waals surface area contributed by atoms with Crippen LogP contribution >= 0.6 is 0 Å². The number of pyridine rings is 1. The van der Waals surface area contributed by atoms with Crippen molar-refractivity contribution >= 4 is 0 Å². The molecule has 3 heteroatoms. The van der Waals surface area contributed by atoms with Crippen LogP contribution in [0.25, 0.3) is 0 Å². The monoisotopic (exact) mass is 223 g/mol. The molecule has 1 aromatic heterocycles. The van der Waals surface area contributed by atoms with Gasteiger partial charge in [0.25, 0.3) is 0 Å². The lowest BCUT2D eigenvalue weighted by molar-refractivity contribution is 0.0765. The molecule has 90 valence electrons. The average Bonchev–Trinajstić information content (AvgIpc) is 2.29. The van der Waals surface area contributed by atoms with Crippen molar-refractivity contribution in [2.45, 2.75) is 32.8 Å². The molecule has 0 saturated heterocycles. The van der Waals surface area contributed by atoms with Crippen molar-refractivity contribution in [2.75, 3.05) is 13.2 Å². The molecule has 1 heterocycles. The molecule has 3 nitrogen and oxygen atoms in total. The first-order valence-electron chi connectivity index (χ1n) is 5.86. The van der Waals surface area contributed by atoms with Crippen molar-refractivity contribution in [1.82, 2.24) is 4.98 Å². The van der Waals surface area contributed by atoms with Crippen molar-refractivity contribution < 1.29 is 9.84 Å². The Bertz CT molecular complexity index is 275. The first-order valence-corrected chi connectivity index (χ1v) is 5.86. The van der Waals surface area contributed by atoms with Crippen LogP contribution in [0.3, 0.4) is 0 Å². The molecule has 1 unspecified atom stereocenters. The maximum Gasteiger partial charge on any atom is 0.0826 e. The van der Waals surface area contributed by atoms with E-state index in [0.29, 0.717) is 18.9 Å². The summed E-state index contributed by atoms with van der Waals surface area (Å²) in [6.45, 7) is 5.72. The molecule has 0 aliphatic heterocycles. The van der Waals surface area contributed by atoms with E-state index in [9.17, 15) is 5.11 Å². The van der Waals surface area contributed by atoms with E-state index in [4.69, 9.17) is 4.74 Å². The summed E-state index contributed by atoms with van der Waals surface area (Å²) in [6.07, 6.45) is 4.63. The molecule has 0 aliphatic carbocycles. The molecule has 1 rings (SSSR count). The number of ether oxygens (including phenoxy) is 1. The summed E-state index contributed by atoms with van der Waals surface area (Å²) in [5.41, 5.74) is 0.856. The Morgan fingerprint density at radius 3 is 2.69 bits per heavy atom. The van der Waals surface area contributed by atoms with Crippen LogP contribution in [-0.4, -0.2) is 23.3 Å². The molecular formula is C13H21NO2. The van der Waals surface area contributed by atoms with Gasteiger partial charge in [-0.25, -0.2) is 0 Å². The Morgan fingerprint density at radius 2 is 2.06 bits per heavy atom. The van der Waals surface area contributed by atoms with E-state index in [0.717, 1.165) is 18.6 Å². The minimum absolute atomic E-state index is 0.465. The van der Waals surface area contributed by atoms with Gasteiger partial charge in [0.05, 0.1) is 6.10 Å².